The summed E-state index contributed by atoms with van der Waals surface area (Å²) in [6.07, 6.45) is 5.35. The molecule has 1 aliphatic heterocycles. The second-order valence-electron chi connectivity index (χ2n) is 6.32. The van der Waals surface area contributed by atoms with Crippen LogP contribution in [0.2, 0.25) is 0 Å². The van der Waals surface area contributed by atoms with Crippen molar-refractivity contribution in [3.8, 4) is 0 Å². The summed E-state index contributed by atoms with van der Waals surface area (Å²) < 4.78 is 0. The minimum Gasteiger partial charge on any atom is -0.390 e. The molecule has 2 aromatic heterocycles. The topological polar surface area (TPSA) is 72.5 Å². The normalized spacial score (nSPS) is 20.9. The van der Waals surface area contributed by atoms with Crippen LogP contribution in [0.15, 0.2) is 29.9 Å². The van der Waals surface area contributed by atoms with E-state index in [1.807, 2.05) is 13.1 Å². The van der Waals surface area contributed by atoms with Crippen LogP contribution in [0.5, 0.6) is 0 Å². The first-order valence-corrected chi connectivity index (χ1v) is 9.18. The van der Waals surface area contributed by atoms with E-state index in [-0.39, 0.29) is 11.9 Å². The molecule has 2 aromatic rings. The first-order chi connectivity index (χ1) is 11.6. The van der Waals surface area contributed by atoms with Crippen LogP contribution in [0.25, 0.3) is 0 Å². The van der Waals surface area contributed by atoms with Crippen molar-refractivity contribution in [1.29, 1.82) is 0 Å². The second-order valence-corrected chi connectivity index (χ2v) is 7.35. The number of aliphatic hydroxyl groups excluding tert-OH is 1. The summed E-state index contributed by atoms with van der Waals surface area (Å²) >= 11 is 1.73. The molecule has 7 heteroatoms. The van der Waals surface area contributed by atoms with Gasteiger partial charge in [-0.1, -0.05) is 6.07 Å². The van der Waals surface area contributed by atoms with Gasteiger partial charge in [-0.25, -0.2) is 4.98 Å². The van der Waals surface area contributed by atoms with Crippen molar-refractivity contribution >= 4 is 17.2 Å². The van der Waals surface area contributed by atoms with Gasteiger partial charge in [-0.2, -0.15) is 0 Å². The maximum Gasteiger partial charge on any atom is 0.222 e. The molecule has 1 aliphatic rings. The molecule has 6 nitrogen and oxygen atoms in total. The number of hydrogen-bond acceptors (Lipinski definition) is 5. The fraction of sp³-hybridized carbons (Fsp3) is 0.529. The monoisotopic (exact) mass is 348 g/mol. The molecule has 0 aromatic carbocycles. The van der Waals surface area contributed by atoms with Crippen molar-refractivity contribution in [2.24, 2.45) is 0 Å². The molecule has 2 N–H and O–H groups in total. The van der Waals surface area contributed by atoms with Crippen molar-refractivity contribution in [2.75, 3.05) is 20.1 Å². The van der Waals surface area contributed by atoms with Crippen LogP contribution in [0.4, 0.5) is 0 Å². The zero-order valence-corrected chi connectivity index (χ0v) is 14.7. The fourth-order valence-corrected chi connectivity index (χ4v) is 3.92. The Balaban J connectivity index is 1.46. The molecule has 0 spiro atoms. The van der Waals surface area contributed by atoms with E-state index in [1.165, 1.54) is 4.88 Å². The van der Waals surface area contributed by atoms with E-state index in [1.54, 1.807) is 28.6 Å². The van der Waals surface area contributed by atoms with Crippen molar-refractivity contribution in [3.05, 3.63) is 40.6 Å². The number of aromatic nitrogens is 2. The van der Waals surface area contributed by atoms with E-state index < -0.39 is 6.10 Å². The molecule has 1 fully saturated rings. The lowest BCUT2D eigenvalue weighted by molar-refractivity contribution is -0.130. The zero-order chi connectivity index (χ0) is 16.9. The number of nitrogens with one attached hydrogen (secondary N) is 1. The Hall–Kier alpha value is -1.70. The summed E-state index contributed by atoms with van der Waals surface area (Å²) in [5.74, 6) is 1.00. The molecule has 2 atom stereocenters. The number of aliphatic hydroxyl groups is 1. The third-order valence-electron chi connectivity index (χ3n) is 4.53. The van der Waals surface area contributed by atoms with Gasteiger partial charge < -0.3 is 15.0 Å². The Morgan fingerprint density at radius 3 is 3.12 bits per heavy atom. The fourth-order valence-electron chi connectivity index (χ4n) is 3.17. The summed E-state index contributed by atoms with van der Waals surface area (Å²) in [5.41, 5.74) is 0. The van der Waals surface area contributed by atoms with Gasteiger partial charge in [0.1, 0.15) is 5.82 Å². The first-order valence-electron chi connectivity index (χ1n) is 8.30. The number of aromatic amines is 1. The number of thiophene rings is 1. The van der Waals surface area contributed by atoms with E-state index in [0.29, 0.717) is 26.1 Å². The van der Waals surface area contributed by atoms with E-state index in [9.17, 15) is 9.90 Å². The van der Waals surface area contributed by atoms with Gasteiger partial charge in [0, 0.05) is 36.8 Å². The minimum absolute atomic E-state index is 0.0451. The minimum atomic E-state index is -0.508. The number of hydrogen-bond donors (Lipinski definition) is 2. The lowest BCUT2D eigenvalue weighted by Gasteiger charge is -2.25. The number of rotatable bonds is 7. The molecule has 0 bridgehead atoms. The van der Waals surface area contributed by atoms with Crippen molar-refractivity contribution < 1.29 is 9.90 Å². The lowest BCUT2D eigenvalue weighted by Crippen LogP contribution is -2.40. The number of nitrogens with zero attached hydrogens (tertiary/aromatic N) is 3. The molecule has 130 valence electrons. The van der Waals surface area contributed by atoms with E-state index in [4.69, 9.17) is 0 Å². The van der Waals surface area contributed by atoms with Gasteiger partial charge >= 0.3 is 0 Å². The average Bonchev–Trinajstić information content (AvgIpc) is 3.28. The number of imidazole rings is 1. The van der Waals surface area contributed by atoms with Crippen LogP contribution >= 0.6 is 11.3 Å². The zero-order valence-electron chi connectivity index (χ0n) is 13.9. The molecule has 24 heavy (non-hydrogen) atoms. The molecule has 0 aliphatic carbocycles. The number of amides is 1. The van der Waals surface area contributed by atoms with Crippen molar-refractivity contribution in [2.45, 2.75) is 38.0 Å². The molecule has 0 unspecified atom stereocenters. The van der Waals surface area contributed by atoms with Crippen LogP contribution in [-0.2, 0) is 17.8 Å². The second kappa shape index (κ2) is 7.92. The SMILES string of the molecule is CN(Cc1ncc[nH]1)[C@@H]1CN(C(=O)CCCc2cccs2)C[C@H]1O. The van der Waals surface area contributed by atoms with Crippen molar-refractivity contribution in [1.82, 2.24) is 19.8 Å². The van der Waals surface area contributed by atoms with Gasteiger partial charge in [0.25, 0.3) is 0 Å². The molecule has 3 heterocycles. The highest BCUT2D eigenvalue weighted by Crippen LogP contribution is 2.19. The molecular weight excluding hydrogens is 324 g/mol. The van der Waals surface area contributed by atoms with Crippen LogP contribution in [0.1, 0.15) is 23.5 Å². The highest BCUT2D eigenvalue weighted by Gasteiger charge is 2.36. The molecule has 1 saturated heterocycles. The summed E-state index contributed by atoms with van der Waals surface area (Å²) in [5, 5.41) is 12.4. The smallest absolute Gasteiger partial charge is 0.222 e. The van der Waals surface area contributed by atoms with Gasteiger partial charge in [-0.3, -0.25) is 9.69 Å². The highest BCUT2D eigenvalue weighted by molar-refractivity contribution is 7.09. The molecule has 0 radical (unpaired) electrons. The number of carbonyl (C=O) groups is 1. The van der Waals surface area contributed by atoms with E-state index >= 15 is 0 Å². The van der Waals surface area contributed by atoms with E-state index in [0.717, 1.165) is 18.7 Å². The summed E-state index contributed by atoms with van der Waals surface area (Å²) in [4.78, 5) is 24.8. The lowest BCUT2D eigenvalue weighted by atomic mass is 10.2. The Bertz CT molecular complexity index is 629. The van der Waals surface area contributed by atoms with Gasteiger partial charge in [0.15, 0.2) is 0 Å². The first kappa shape index (κ1) is 17.1. The Morgan fingerprint density at radius 2 is 2.42 bits per heavy atom. The van der Waals surface area contributed by atoms with Crippen LogP contribution in [0.3, 0.4) is 0 Å². The molecule has 3 rings (SSSR count). The number of H-pyrrole nitrogens is 1. The maximum absolute atomic E-state index is 12.4. The number of carbonyl (C=O) groups excluding carboxylic acids is 1. The number of likely N-dealkylation sites (N-methyl/N-ethyl adjacent to an activating group) is 1. The van der Waals surface area contributed by atoms with Crippen LogP contribution in [0, 0.1) is 0 Å². The predicted molar refractivity (Wildman–Crippen MR) is 93.7 cm³/mol. The maximum atomic E-state index is 12.4. The molecular formula is C17H24N4O2S. The van der Waals surface area contributed by atoms with Gasteiger partial charge in [-0.15, -0.1) is 11.3 Å². The Labute approximate surface area is 146 Å². The quantitative estimate of drug-likeness (QED) is 0.795. The summed E-state index contributed by atoms with van der Waals surface area (Å²) in [7, 11) is 1.96. The third-order valence-corrected chi connectivity index (χ3v) is 5.46. The van der Waals surface area contributed by atoms with Gasteiger partial charge in [0.05, 0.1) is 18.7 Å². The predicted octanol–water partition coefficient (Wildman–Crippen LogP) is 1.50. The molecule has 1 amide bonds. The average molecular weight is 348 g/mol. The van der Waals surface area contributed by atoms with Crippen molar-refractivity contribution in [3.63, 3.8) is 0 Å². The number of β-amino-alcohol motifs (C(OH)–C–C–N with tert-alkyl or cyclic N) is 1. The van der Waals surface area contributed by atoms with Crippen LogP contribution in [-0.4, -0.2) is 63.1 Å². The largest absolute Gasteiger partial charge is 0.390 e. The summed E-state index contributed by atoms with van der Waals surface area (Å²) in [6, 6.07) is 4.10. The van der Waals surface area contributed by atoms with Gasteiger partial charge in [0.2, 0.25) is 5.91 Å². The summed E-state index contributed by atoms with van der Waals surface area (Å²) in [6.45, 7) is 1.64. The Kier molecular flexibility index (Phi) is 5.65. The number of aryl methyl sites for hydroxylation is 1. The molecule has 0 saturated carbocycles. The Morgan fingerprint density at radius 1 is 1.54 bits per heavy atom. The van der Waals surface area contributed by atoms with E-state index in [2.05, 4.69) is 26.3 Å². The highest BCUT2D eigenvalue weighted by atomic mass is 32.1. The van der Waals surface area contributed by atoms with Gasteiger partial charge in [-0.05, 0) is 31.3 Å². The third kappa shape index (κ3) is 4.23. The van der Waals surface area contributed by atoms with Crippen LogP contribution < -0.4 is 0 Å². The standard InChI is InChI=1S/C17H24N4O2S/c1-20(12-16-18-7-8-19-16)14-10-21(11-15(14)22)17(23)6-2-4-13-5-3-9-24-13/h3,5,7-9,14-15,22H,2,4,6,10-12H2,1H3,(H,18,19)/t14-,15-/m1/s1. The number of likely N-dealkylation sites (tertiary alicyclic amines) is 1.